The third-order valence-corrected chi connectivity index (χ3v) is 2.58. The Morgan fingerprint density at radius 3 is 2.47 bits per heavy atom. The number of benzene rings is 1. The topological polar surface area (TPSA) is 57.9 Å². The molecule has 0 bridgehead atoms. The van der Waals surface area contributed by atoms with Crippen LogP contribution in [0.1, 0.15) is 29.3 Å². The lowest BCUT2D eigenvalue weighted by molar-refractivity contribution is -0.137. The van der Waals surface area contributed by atoms with Crippen LogP contribution < -0.4 is 0 Å². The molecule has 0 heterocycles. The molecule has 0 radical (unpaired) electrons. The molecule has 0 aliphatic heterocycles. The summed E-state index contributed by atoms with van der Waals surface area (Å²) in [7, 11) is 0. The summed E-state index contributed by atoms with van der Waals surface area (Å²) < 4.78 is 37.5. The molecule has 0 N–H and O–H groups in total. The first kappa shape index (κ1) is 14.9. The molecule has 1 rings (SSSR count). The largest absolute Gasteiger partial charge is 0.416 e. The highest BCUT2D eigenvalue weighted by molar-refractivity contribution is 6.10. The molecule has 0 fully saturated rings. The number of nitrogens with zero attached hydrogens (tertiary/aromatic N) is 1. The quantitative estimate of drug-likeness (QED) is 0.623. The minimum atomic E-state index is -4.56. The number of rotatable bonds is 4. The molecule has 0 saturated heterocycles. The second-order valence-corrected chi connectivity index (χ2v) is 3.97. The third-order valence-electron chi connectivity index (χ3n) is 2.58. The summed E-state index contributed by atoms with van der Waals surface area (Å²) in [5.74, 6) is -2.52. The molecule has 0 spiro atoms. The van der Waals surface area contributed by atoms with E-state index in [-0.39, 0.29) is 12.0 Å². The van der Waals surface area contributed by atoms with Gasteiger partial charge in [-0.05, 0) is 19.1 Å². The maximum atomic E-state index is 12.5. The first-order valence-corrected chi connectivity index (χ1v) is 5.36. The van der Waals surface area contributed by atoms with Gasteiger partial charge in [0.2, 0.25) is 0 Å². The molecule has 1 atom stereocenters. The minimum absolute atomic E-state index is 0.217. The van der Waals surface area contributed by atoms with Crippen molar-refractivity contribution in [1.82, 2.24) is 0 Å². The summed E-state index contributed by atoms with van der Waals surface area (Å²) in [5, 5.41) is 8.53. The monoisotopic (exact) mass is 269 g/mol. The number of carbonyl (C=O) groups is 2. The van der Waals surface area contributed by atoms with Crippen molar-refractivity contribution < 1.29 is 22.8 Å². The SMILES string of the molecule is CC(=O)C(CC#N)C(=O)c1cccc(C(F)(F)F)c1. The number of nitriles is 1. The van der Waals surface area contributed by atoms with Crippen molar-refractivity contribution in [3.8, 4) is 6.07 Å². The maximum absolute atomic E-state index is 12.5. The van der Waals surface area contributed by atoms with Gasteiger partial charge in [-0.25, -0.2) is 0 Å². The van der Waals surface area contributed by atoms with Crippen molar-refractivity contribution in [2.24, 2.45) is 5.92 Å². The predicted octanol–water partition coefficient (Wildman–Crippen LogP) is 3.01. The summed E-state index contributed by atoms with van der Waals surface area (Å²) in [6.07, 6.45) is -4.90. The highest BCUT2D eigenvalue weighted by Gasteiger charge is 2.32. The lowest BCUT2D eigenvalue weighted by Crippen LogP contribution is -2.22. The summed E-state index contributed by atoms with van der Waals surface area (Å²) in [5.41, 5.74) is -1.18. The van der Waals surface area contributed by atoms with Gasteiger partial charge < -0.3 is 0 Å². The van der Waals surface area contributed by atoms with Crippen LogP contribution in [0.2, 0.25) is 0 Å². The van der Waals surface area contributed by atoms with Crippen molar-refractivity contribution in [3.63, 3.8) is 0 Å². The Morgan fingerprint density at radius 2 is 2.00 bits per heavy atom. The molecule has 0 saturated carbocycles. The fraction of sp³-hybridized carbons (Fsp3) is 0.308. The smallest absolute Gasteiger partial charge is 0.299 e. The zero-order chi connectivity index (χ0) is 14.6. The summed E-state index contributed by atoms with van der Waals surface area (Å²) in [4.78, 5) is 23.2. The Kier molecular flexibility index (Phi) is 4.43. The van der Waals surface area contributed by atoms with E-state index in [1.807, 2.05) is 0 Å². The van der Waals surface area contributed by atoms with Gasteiger partial charge in [0.05, 0.1) is 24.0 Å². The van der Waals surface area contributed by atoms with Gasteiger partial charge in [-0.1, -0.05) is 12.1 Å². The lowest BCUT2D eigenvalue weighted by atomic mass is 9.91. The summed E-state index contributed by atoms with van der Waals surface area (Å²) in [6, 6.07) is 5.50. The Hall–Kier alpha value is -2.16. The van der Waals surface area contributed by atoms with E-state index in [0.717, 1.165) is 19.1 Å². The minimum Gasteiger partial charge on any atom is -0.299 e. The molecule has 1 unspecified atom stereocenters. The van der Waals surface area contributed by atoms with Crippen molar-refractivity contribution >= 4 is 11.6 Å². The number of Topliss-reactive ketones (excluding diaryl/α,β-unsaturated/α-hetero) is 2. The van der Waals surface area contributed by atoms with E-state index in [1.54, 1.807) is 6.07 Å². The third kappa shape index (κ3) is 3.65. The fourth-order valence-electron chi connectivity index (χ4n) is 1.56. The average Bonchev–Trinajstić information content (AvgIpc) is 2.34. The molecule has 0 aromatic heterocycles. The zero-order valence-electron chi connectivity index (χ0n) is 9.99. The van der Waals surface area contributed by atoms with E-state index in [9.17, 15) is 22.8 Å². The van der Waals surface area contributed by atoms with Gasteiger partial charge >= 0.3 is 6.18 Å². The molecular weight excluding hydrogens is 259 g/mol. The Labute approximate surface area is 107 Å². The van der Waals surface area contributed by atoms with Crippen LogP contribution in [0.15, 0.2) is 24.3 Å². The molecule has 1 aromatic rings. The molecule has 6 heteroatoms. The summed E-state index contributed by atoms with van der Waals surface area (Å²) >= 11 is 0. The van der Waals surface area contributed by atoms with Gasteiger partial charge in [0.1, 0.15) is 5.78 Å². The number of hydrogen-bond donors (Lipinski definition) is 0. The Morgan fingerprint density at radius 1 is 1.37 bits per heavy atom. The first-order chi connectivity index (χ1) is 8.77. The molecule has 0 aliphatic rings. The molecule has 100 valence electrons. The van der Waals surface area contributed by atoms with E-state index in [2.05, 4.69) is 0 Å². The average molecular weight is 269 g/mol. The number of ketones is 2. The van der Waals surface area contributed by atoms with E-state index in [0.29, 0.717) is 6.07 Å². The van der Waals surface area contributed by atoms with Gasteiger partial charge in [-0.2, -0.15) is 18.4 Å². The fourth-order valence-corrected chi connectivity index (χ4v) is 1.56. The van der Waals surface area contributed by atoms with Crippen LogP contribution in [0.25, 0.3) is 0 Å². The van der Waals surface area contributed by atoms with Crippen LogP contribution in [0.5, 0.6) is 0 Å². The highest BCUT2D eigenvalue weighted by atomic mass is 19.4. The van der Waals surface area contributed by atoms with Crippen molar-refractivity contribution in [1.29, 1.82) is 5.26 Å². The predicted molar refractivity (Wildman–Crippen MR) is 60.2 cm³/mol. The normalized spacial score (nSPS) is 12.6. The number of hydrogen-bond acceptors (Lipinski definition) is 3. The first-order valence-electron chi connectivity index (χ1n) is 5.36. The second kappa shape index (κ2) is 5.65. The number of carbonyl (C=O) groups excluding carboxylic acids is 2. The van der Waals surface area contributed by atoms with E-state index in [4.69, 9.17) is 5.26 Å². The molecule has 3 nitrogen and oxygen atoms in total. The summed E-state index contributed by atoms with van der Waals surface area (Å²) in [6.45, 7) is 1.13. The molecule has 0 amide bonds. The maximum Gasteiger partial charge on any atom is 0.416 e. The highest BCUT2D eigenvalue weighted by Crippen LogP contribution is 2.30. The van der Waals surface area contributed by atoms with Gasteiger partial charge in [0.15, 0.2) is 5.78 Å². The van der Waals surface area contributed by atoms with Crippen LogP contribution in [-0.4, -0.2) is 11.6 Å². The van der Waals surface area contributed by atoms with Gasteiger partial charge in [0, 0.05) is 5.56 Å². The molecule has 19 heavy (non-hydrogen) atoms. The van der Waals surface area contributed by atoms with Crippen LogP contribution in [0.4, 0.5) is 13.2 Å². The Bertz CT molecular complexity index is 544. The Balaban J connectivity index is 3.13. The van der Waals surface area contributed by atoms with Gasteiger partial charge in [-0.15, -0.1) is 0 Å². The van der Waals surface area contributed by atoms with E-state index in [1.165, 1.54) is 6.07 Å². The zero-order valence-corrected chi connectivity index (χ0v) is 9.99. The van der Waals surface area contributed by atoms with Crippen LogP contribution >= 0.6 is 0 Å². The molecule has 1 aromatic carbocycles. The van der Waals surface area contributed by atoms with E-state index >= 15 is 0 Å². The van der Waals surface area contributed by atoms with Crippen molar-refractivity contribution in [3.05, 3.63) is 35.4 Å². The van der Waals surface area contributed by atoms with E-state index < -0.39 is 29.2 Å². The molecule has 0 aliphatic carbocycles. The van der Waals surface area contributed by atoms with Crippen LogP contribution in [0, 0.1) is 17.2 Å². The van der Waals surface area contributed by atoms with Crippen molar-refractivity contribution in [2.75, 3.05) is 0 Å². The lowest BCUT2D eigenvalue weighted by Gasteiger charge is -2.11. The standard InChI is InChI=1S/C13H10F3NO2/c1-8(18)11(5-6-17)12(19)9-3-2-4-10(7-9)13(14,15)16/h2-4,7,11H,5H2,1H3. The van der Waals surface area contributed by atoms with Crippen LogP contribution in [0.3, 0.4) is 0 Å². The molecular formula is C13H10F3NO2. The van der Waals surface area contributed by atoms with Gasteiger partial charge in [0.25, 0.3) is 0 Å². The van der Waals surface area contributed by atoms with Gasteiger partial charge in [-0.3, -0.25) is 9.59 Å². The number of alkyl halides is 3. The van der Waals surface area contributed by atoms with Crippen molar-refractivity contribution in [2.45, 2.75) is 19.5 Å². The second-order valence-electron chi connectivity index (χ2n) is 3.97. The number of halogens is 3. The van der Waals surface area contributed by atoms with Crippen LogP contribution in [-0.2, 0) is 11.0 Å².